The molecule has 1 N–H and O–H groups in total. The first kappa shape index (κ1) is 17.5. The number of amides is 1. The number of nitrogens with zero attached hydrogens (tertiary/aromatic N) is 2. The van der Waals surface area contributed by atoms with Gasteiger partial charge in [0.15, 0.2) is 0 Å². The Labute approximate surface area is 134 Å². The zero-order chi connectivity index (χ0) is 17.7. The Balaban J connectivity index is 2.16. The maximum Gasteiger partial charge on any atom is 0.573 e. The number of carbonyl (C=O) groups is 1. The van der Waals surface area contributed by atoms with Gasteiger partial charge in [0.25, 0.3) is 11.5 Å². The van der Waals surface area contributed by atoms with Crippen LogP contribution in [-0.4, -0.2) is 22.1 Å². The van der Waals surface area contributed by atoms with E-state index in [9.17, 15) is 22.8 Å². The summed E-state index contributed by atoms with van der Waals surface area (Å²) < 4.78 is 41.5. The Hall–Kier alpha value is -2.84. The lowest BCUT2D eigenvalue weighted by molar-refractivity contribution is -0.274. The number of benzene rings is 1. The van der Waals surface area contributed by atoms with E-state index in [1.54, 1.807) is 0 Å². The molecule has 1 heterocycles. The average molecular weight is 341 g/mol. The van der Waals surface area contributed by atoms with Crippen molar-refractivity contribution in [2.45, 2.75) is 26.3 Å². The lowest BCUT2D eigenvalue weighted by Gasteiger charge is -2.11. The summed E-state index contributed by atoms with van der Waals surface area (Å²) >= 11 is 0. The third-order valence-corrected chi connectivity index (χ3v) is 2.86. The van der Waals surface area contributed by atoms with Crippen LogP contribution in [0.5, 0.6) is 5.75 Å². The molecule has 1 aromatic heterocycles. The molecule has 0 fully saturated rings. The van der Waals surface area contributed by atoms with Crippen molar-refractivity contribution in [2.24, 2.45) is 0 Å². The number of halogens is 3. The number of anilines is 1. The van der Waals surface area contributed by atoms with E-state index in [1.165, 1.54) is 24.3 Å². The summed E-state index contributed by atoms with van der Waals surface area (Å²) in [6, 6.07) is 7.32. The lowest BCUT2D eigenvalue weighted by Crippen LogP contribution is -2.26. The minimum atomic E-state index is -4.82. The van der Waals surface area contributed by atoms with E-state index in [0.29, 0.717) is 13.0 Å². The predicted octanol–water partition coefficient (Wildman–Crippen LogP) is 2.80. The fraction of sp³-hybridized carbons (Fsp3) is 0.267. The molecule has 0 saturated carbocycles. The predicted molar refractivity (Wildman–Crippen MR) is 79.9 cm³/mol. The van der Waals surface area contributed by atoms with Crippen LogP contribution in [0.3, 0.4) is 0 Å². The van der Waals surface area contributed by atoms with Gasteiger partial charge in [-0.25, -0.2) is 4.68 Å². The summed E-state index contributed by atoms with van der Waals surface area (Å²) in [5, 5.41) is 6.33. The molecule has 0 spiro atoms. The van der Waals surface area contributed by atoms with Gasteiger partial charge in [-0.2, -0.15) is 5.10 Å². The van der Waals surface area contributed by atoms with Gasteiger partial charge in [0, 0.05) is 24.4 Å². The maximum absolute atomic E-state index is 12.2. The van der Waals surface area contributed by atoms with Gasteiger partial charge in [0.05, 0.1) is 0 Å². The van der Waals surface area contributed by atoms with Gasteiger partial charge in [0.1, 0.15) is 11.4 Å². The van der Waals surface area contributed by atoms with Crippen molar-refractivity contribution in [2.75, 3.05) is 5.32 Å². The monoisotopic (exact) mass is 341 g/mol. The van der Waals surface area contributed by atoms with Crippen LogP contribution in [0.4, 0.5) is 18.9 Å². The SMILES string of the molecule is CCCn1nc(C(=O)Nc2cccc(OC(F)(F)F)c2)ccc1=O. The smallest absolute Gasteiger partial charge is 0.406 e. The fourth-order valence-electron chi connectivity index (χ4n) is 1.91. The molecule has 0 aliphatic heterocycles. The highest BCUT2D eigenvalue weighted by atomic mass is 19.4. The van der Waals surface area contributed by atoms with Crippen LogP contribution in [0.25, 0.3) is 0 Å². The van der Waals surface area contributed by atoms with Gasteiger partial charge >= 0.3 is 6.36 Å². The molecule has 0 bridgehead atoms. The number of hydrogen-bond donors (Lipinski definition) is 1. The highest BCUT2D eigenvalue weighted by molar-refractivity contribution is 6.02. The van der Waals surface area contributed by atoms with E-state index in [0.717, 1.165) is 16.8 Å². The highest BCUT2D eigenvalue weighted by Crippen LogP contribution is 2.25. The van der Waals surface area contributed by atoms with Crippen LogP contribution >= 0.6 is 0 Å². The van der Waals surface area contributed by atoms with Crippen LogP contribution < -0.4 is 15.6 Å². The number of hydrogen-bond acceptors (Lipinski definition) is 4. The average Bonchev–Trinajstić information content (AvgIpc) is 2.48. The van der Waals surface area contributed by atoms with Gasteiger partial charge in [0.2, 0.25) is 0 Å². The Morgan fingerprint density at radius 2 is 2.04 bits per heavy atom. The standard InChI is InChI=1S/C15H14F3N3O3/c1-2-8-21-13(22)7-6-12(20-21)14(23)19-10-4-3-5-11(9-10)24-15(16,17)18/h3-7,9H,2,8H2,1H3,(H,19,23). The molecule has 1 amide bonds. The number of alkyl halides is 3. The summed E-state index contributed by atoms with van der Waals surface area (Å²) in [6.07, 6.45) is -4.16. The first-order valence-corrected chi connectivity index (χ1v) is 7.04. The number of aromatic nitrogens is 2. The molecule has 6 nitrogen and oxygen atoms in total. The molecular formula is C15H14F3N3O3. The lowest BCUT2D eigenvalue weighted by atomic mass is 10.3. The first-order valence-electron chi connectivity index (χ1n) is 7.04. The van der Waals surface area contributed by atoms with E-state index in [2.05, 4.69) is 15.2 Å². The van der Waals surface area contributed by atoms with E-state index in [1.807, 2.05) is 6.92 Å². The van der Waals surface area contributed by atoms with Crippen molar-refractivity contribution in [1.29, 1.82) is 0 Å². The van der Waals surface area contributed by atoms with E-state index < -0.39 is 18.0 Å². The summed E-state index contributed by atoms with van der Waals surface area (Å²) in [7, 11) is 0. The van der Waals surface area contributed by atoms with Crippen molar-refractivity contribution in [3.8, 4) is 5.75 Å². The highest BCUT2D eigenvalue weighted by Gasteiger charge is 2.31. The molecular weight excluding hydrogens is 327 g/mol. The quantitative estimate of drug-likeness (QED) is 0.908. The summed E-state index contributed by atoms with van der Waals surface area (Å²) in [4.78, 5) is 23.7. The molecule has 0 atom stereocenters. The van der Waals surface area contributed by atoms with Crippen molar-refractivity contribution in [3.05, 3.63) is 52.4 Å². The van der Waals surface area contributed by atoms with Crippen LogP contribution in [-0.2, 0) is 6.54 Å². The van der Waals surface area contributed by atoms with Crippen LogP contribution in [0.15, 0.2) is 41.2 Å². The number of ether oxygens (including phenoxy) is 1. The van der Waals surface area contributed by atoms with Gasteiger partial charge in [-0.15, -0.1) is 13.2 Å². The summed E-state index contributed by atoms with van der Waals surface area (Å²) in [5.74, 6) is -1.10. The second kappa shape index (κ2) is 7.16. The van der Waals surface area contributed by atoms with Crippen LogP contribution in [0.1, 0.15) is 23.8 Å². The van der Waals surface area contributed by atoms with Gasteiger partial charge < -0.3 is 10.1 Å². The van der Waals surface area contributed by atoms with E-state index in [4.69, 9.17) is 0 Å². The summed E-state index contributed by atoms with van der Waals surface area (Å²) in [5.41, 5.74) is -0.254. The number of rotatable bonds is 5. The summed E-state index contributed by atoms with van der Waals surface area (Å²) in [6.45, 7) is 2.21. The molecule has 0 saturated heterocycles. The second-order valence-corrected chi connectivity index (χ2v) is 4.81. The first-order chi connectivity index (χ1) is 11.3. The Morgan fingerprint density at radius 3 is 2.71 bits per heavy atom. The van der Waals surface area contributed by atoms with E-state index >= 15 is 0 Å². The van der Waals surface area contributed by atoms with E-state index in [-0.39, 0.29) is 16.9 Å². The normalized spacial score (nSPS) is 11.2. The van der Waals surface area contributed by atoms with Crippen molar-refractivity contribution < 1.29 is 22.7 Å². The Morgan fingerprint density at radius 1 is 1.29 bits per heavy atom. The van der Waals surface area contributed by atoms with Gasteiger partial charge in [-0.05, 0) is 24.6 Å². The van der Waals surface area contributed by atoms with Gasteiger partial charge in [-0.3, -0.25) is 9.59 Å². The molecule has 9 heteroatoms. The molecule has 24 heavy (non-hydrogen) atoms. The molecule has 2 aromatic rings. The number of nitrogens with one attached hydrogen (secondary N) is 1. The minimum Gasteiger partial charge on any atom is -0.406 e. The second-order valence-electron chi connectivity index (χ2n) is 4.81. The third kappa shape index (κ3) is 4.83. The Kier molecular flexibility index (Phi) is 5.22. The molecule has 0 aliphatic carbocycles. The zero-order valence-electron chi connectivity index (χ0n) is 12.6. The van der Waals surface area contributed by atoms with Gasteiger partial charge in [-0.1, -0.05) is 13.0 Å². The number of carbonyl (C=O) groups excluding carboxylic acids is 1. The largest absolute Gasteiger partial charge is 0.573 e. The van der Waals surface area contributed by atoms with Crippen molar-refractivity contribution in [3.63, 3.8) is 0 Å². The number of aryl methyl sites for hydroxylation is 1. The molecule has 1 aromatic carbocycles. The molecule has 2 rings (SSSR count). The molecule has 0 radical (unpaired) electrons. The Bertz CT molecular complexity index is 787. The minimum absolute atomic E-state index is 0.0230. The van der Waals surface area contributed by atoms with Crippen molar-refractivity contribution >= 4 is 11.6 Å². The third-order valence-electron chi connectivity index (χ3n) is 2.86. The fourth-order valence-corrected chi connectivity index (χ4v) is 1.91. The molecule has 0 unspecified atom stereocenters. The van der Waals surface area contributed by atoms with Crippen LogP contribution in [0.2, 0.25) is 0 Å². The topological polar surface area (TPSA) is 73.2 Å². The maximum atomic E-state index is 12.2. The zero-order valence-corrected chi connectivity index (χ0v) is 12.6. The van der Waals surface area contributed by atoms with Crippen LogP contribution in [0, 0.1) is 0 Å². The van der Waals surface area contributed by atoms with Crippen molar-refractivity contribution in [1.82, 2.24) is 9.78 Å². The molecule has 0 aliphatic rings. The molecule has 128 valence electrons.